The van der Waals surface area contributed by atoms with Crippen LogP contribution in [0, 0.1) is 6.92 Å². The van der Waals surface area contributed by atoms with E-state index in [9.17, 15) is 14.7 Å². The molecule has 0 bridgehead atoms. The molecule has 0 spiro atoms. The number of unbranched alkanes of at least 4 members (excludes halogenated alkanes) is 5. The van der Waals surface area contributed by atoms with Gasteiger partial charge in [0.15, 0.2) is 5.78 Å². The average molecular weight is 421 g/mol. The second kappa shape index (κ2) is 14.4. The molecule has 0 aliphatic carbocycles. The molecular formula is C24H33N2NaO3. The maximum atomic E-state index is 12.9. The van der Waals surface area contributed by atoms with Crippen LogP contribution in [0.4, 0.5) is 5.69 Å². The van der Waals surface area contributed by atoms with Gasteiger partial charge in [0, 0.05) is 48.3 Å². The summed E-state index contributed by atoms with van der Waals surface area (Å²) >= 11 is 0. The second-order valence-corrected chi connectivity index (χ2v) is 7.67. The molecule has 2 rings (SSSR count). The summed E-state index contributed by atoms with van der Waals surface area (Å²) in [5.74, 6) is -1.06. The van der Waals surface area contributed by atoms with Crippen LogP contribution < -0.4 is 40.0 Å². The molecule has 5 nitrogen and oxygen atoms in total. The minimum absolute atomic E-state index is 0. The van der Waals surface area contributed by atoms with Gasteiger partial charge in [-0.3, -0.25) is 4.79 Å². The molecule has 0 unspecified atom stereocenters. The summed E-state index contributed by atoms with van der Waals surface area (Å²) in [6.07, 6.45) is 11.8. The number of nitrogens with one attached hydrogen (secondary N) is 1. The molecule has 0 amide bonds. The van der Waals surface area contributed by atoms with Gasteiger partial charge >= 0.3 is 29.6 Å². The van der Waals surface area contributed by atoms with Crippen LogP contribution in [-0.4, -0.2) is 22.9 Å². The van der Waals surface area contributed by atoms with Crippen LogP contribution in [0.1, 0.15) is 79.8 Å². The molecule has 158 valence electrons. The summed E-state index contributed by atoms with van der Waals surface area (Å²) in [5.41, 5.74) is 3.18. The SMILES string of the molecule is CCCCCCCCNc1cccc(C(=O)c2cn(CCCC(=O)[O-])cc2C)c1.[Na+]. The Hall–Kier alpha value is -1.56. The number of nitrogens with zero attached hydrogens (tertiary/aromatic N) is 1. The van der Waals surface area contributed by atoms with E-state index < -0.39 is 5.97 Å². The standard InChI is InChI=1S/C24H34N2O3.Na/c1-3-4-5-6-7-8-14-25-21-12-9-11-20(16-21)24(29)22-18-26(17-19(22)2)15-10-13-23(27)28;/h9,11-12,16-18,25H,3-8,10,13-15H2,1-2H3,(H,27,28);/q;+1/p-1. The topological polar surface area (TPSA) is 74.2 Å². The zero-order chi connectivity index (χ0) is 21.1. The third-order valence-corrected chi connectivity index (χ3v) is 5.11. The molecule has 0 radical (unpaired) electrons. The van der Waals surface area contributed by atoms with E-state index in [4.69, 9.17) is 0 Å². The zero-order valence-electron chi connectivity index (χ0n) is 18.7. The van der Waals surface area contributed by atoms with E-state index in [-0.39, 0.29) is 41.8 Å². The summed E-state index contributed by atoms with van der Waals surface area (Å²) in [5, 5.41) is 14.0. The van der Waals surface area contributed by atoms with Crippen molar-refractivity contribution in [2.75, 3.05) is 11.9 Å². The number of hydrogen-bond donors (Lipinski definition) is 1. The number of benzene rings is 1. The van der Waals surface area contributed by atoms with Crippen molar-refractivity contribution in [1.29, 1.82) is 0 Å². The Morgan fingerprint density at radius 2 is 1.77 bits per heavy atom. The average Bonchev–Trinajstić information content (AvgIpc) is 3.07. The van der Waals surface area contributed by atoms with Crippen LogP contribution in [0.5, 0.6) is 0 Å². The molecule has 30 heavy (non-hydrogen) atoms. The van der Waals surface area contributed by atoms with Crippen molar-refractivity contribution in [2.45, 2.75) is 71.8 Å². The largest absolute Gasteiger partial charge is 1.00 e. The molecule has 6 heteroatoms. The van der Waals surface area contributed by atoms with Crippen molar-refractivity contribution >= 4 is 17.4 Å². The maximum absolute atomic E-state index is 12.9. The third kappa shape index (κ3) is 9.07. The molecule has 0 aliphatic heterocycles. The van der Waals surface area contributed by atoms with Crippen molar-refractivity contribution in [2.24, 2.45) is 0 Å². The fourth-order valence-corrected chi connectivity index (χ4v) is 3.46. The molecule has 0 atom stereocenters. The third-order valence-electron chi connectivity index (χ3n) is 5.11. The first-order chi connectivity index (χ1) is 14.0. The molecule has 1 heterocycles. The van der Waals surface area contributed by atoms with Gasteiger partial charge in [0.1, 0.15) is 0 Å². The van der Waals surface area contributed by atoms with E-state index in [1.807, 2.05) is 48.1 Å². The number of carboxylic acid groups (broad SMARTS) is 1. The van der Waals surface area contributed by atoms with Gasteiger partial charge in [0.05, 0.1) is 0 Å². The predicted molar refractivity (Wildman–Crippen MR) is 115 cm³/mol. The van der Waals surface area contributed by atoms with Crippen LogP contribution >= 0.6 is 0 Å². The van der Waals surface area contributed by atoms with Crippen molar-refractivity contribution in [3.8, 4) is 0 Å². The Morgan fingerprint density at radius 3 is 2.50 bits per heavy atom. The second-order valence-electron chi connectivity index (χ2n) is 7.67. The van der Waals surface area contributed by atoms with Gasteiger partial charge in [0.25, 0.3) is 0 Å². The smallest absolute Gasteiger partial charge is 0.550 e. The van der Waals surface area contributed by atoms with Gasteiger partial charge < -0.3 is 19.8 Å². The Labute approximate surface area is 202 Å². The molecule has 1 aromatic carbocycles. The summed E-state index contributed by atoms with van der Waals surface area (Å²) in [6, 6.07) is 7.65. The summed E-state index contributed by atoms with van der Waals surface area (Å²) in [4.78, 5) is 23.5. The van der Waals surface area contributed by atoms with Crippen molar-refractivity contribution in [1.82, 2.24) is 4.57 Å². The van der Waals surface area contributed by atoms with E-state index >= 15 is 0 Å². The molecular weight excluding hydrogens is 387 g/mol. The number of carbonyl (C=O) groups is 2. The molecule has 1 aromatic heterocycles. The Morgan fingerprint density at radius 1 is 1.03 bits per heavy atom. The van der Waals surface area contributed by atoms with Crippen LogP contribution in [0.2, 0.25) is 0 Å². The summed E-state index contributed by atoms with van der Waals surface area (Å²) in [6.45, 7) is 5.60. The molecule has 0 fully saturated rings. The predicted octanol–water partition coefficient (Wildman–Crippen LogP) is 1.33. The molecule has 0 saturated carbocycles. The van der Waals surface area contributed by atoms with Crippen LogP contribution in [0.15, 0.2) is 36.7 Å². The van der Waals surface area contributed by atoms with Crippen LogP contribution in [0.3, 0.4) is 0 Å². The first-order valence-electron chi connectivity index (χ1n) is 10.8. The maximum Gasteiger partial charge on any atom is 1.00 e. The number of carboxylic acids is 1. The van der Waals surface area contributed by atoms with Crippen LogP contribution in [-0.2, 0) is 11.3 Å². The van der Waals surface area contributed by atoms with E-state index in [1.54, 1.807) is 0 Å². The first kappa shape index (κ1) is 26.5. The Bertz CT molecular complexity index is 801. The van der Waals surface area contributed by atoms with Crippen LogP contribution in [0.25, 0.3) is 0 Å². The number of ketones is 1. The quantitative estimate of drug-likeness (QED) is 0.284. The van der Waals surface area contributed by atoms with E-state index in [2.05, 4.69) is 12.2 Å². The van der Waals surface area contributed by atoms with Gasteiger partial charge in [-0.15, -0.1) is 0 Å². The van der Waals surface area contributed by atoms with E-state index in [0.29, 0.717) is 24.1 Å². The fraction of sp³-hybridized carbons (Fsp3) is 0.500. The molecule has 1 N–H and O–H groups in total. The number of hydrogen-bond acceptors (Lipinski definition) is 4. The van der Waals surface area contributed by atoms with Crippen molar-refractivity contribution in [3.63, 3.8) is 0 Å². The van der Waals surface area contributed by atoms with Gasteiger partial charge in [-0.25, -0.2) is 0 Å². The number of aromatic nitrogens is 1. The van der Waals surface area contributed by atoms with Gasteiger partial charge in [-0.1, -0.05) is 51.2 Å². The van der Waals surface area contributed by atoms with Gasteiger partial charge in [-0.2, -0.15) is 0 Å². The fourth-order valence-electron chi connectivity index (χ4n) is 3.46. The number of rotatable bonds is 14. The van der Waals surface area contributed by atoms with E-state index in [0.717, 1.165) is 24.2 Å². The molecule has 0 saturated heterocycles. The molecule has 0 aliphatic rings. The summed E-state index contributed by atoms with van der Waals surface area (Å²) in [7, 11) is 0. The minimum atomic E-state index is -1.05. The van der Waals surface area contributed by atoms with Crippen molar-refractivity contribution in [3.05, 3.63) is 53.3 Å². The Balaban J connectivity index is 0.00000450. The number of aryl methyl sites for hydroxylation is 2. The number of anilines is 1. The minimum Gasteiger partial charge on any atom is -0.550 e. The summed E-state index contributed by atoms with van der Waals surface area (Å²) < 4.78 is 1.88. The first-order valence-corrected chi connectivity index (χ1v) is 10.8. The molecule has 2 aromatic rings. The van der Waals surface area contributed by atoms with Crippen molar-refractivity contribution < 1.29 is 44.3 Å². The Kier molecular flexibility index (Phi) is 12.7. The normalized spacial score (nSPS) is 10.5. The number of carbonyl (C=O) groups excluding carboxylic acids is 2. The monoisotopic (exact) mass is 420 g/mol. The zero-order valence-corrected chi connectivity index (χ0v) is 20.7. The van der Waals surface area contributed by atoms with E-state index in [1.165, 1.54) is 32.1 Å². The van der Waals surface area contributed by atoms with Gasteiger partial charge in [-0.05, 0) is 43.9 Å². The number of aliphatic carboxylic acids is 1. The van der Waals surface area contributed by atoms with Gasteiger partial charge in [0.2, 0.25) is 0 Å².